The fraction of sp³-hybridized carbons (Fsp3) is 0.385. The number of carbonyl (C=O) groups is 2. The van der Waals surface area contributed by atoms with Crippen LogP contribution < -0.4 is 5.32 Å². The number of nitrogens with one attached hydrogen (secondary N) is 1. The molecular weight excluding hydrogens is 268 g/mol. The van der Waals surface area contributed by atoms with E-state index in [9.17, 15) is 9.59 Å². The second kappa shape index (κ2) is 5.93. The highest BCUT2D eigenvalue weighted by atomic mass is 35.5. The van der Waals surface area contributed by atoms with Crippen molar-refractivity contribution < 1.29 is 14.3 Å². The van der Waals surface area contributed by atoms with Crippen LogP contribution in [0.4, 0.5) is 10.5 Å². The van der Waals surface area contributed by atoms with Gasteiger partial charge in [0.05, 0.1) is 7.11 Å². The number of carbonyl (C=O) groups excluding carboxylic acids is 2. The first-order valence-electron chi connectivity index (χ1n) is 6.03. The summed E-state index contributed by atoms with van der Waals surface area (Å²) in [5.74, 6) is -0.203. The minimum absolute atomic E-state index is 0.203. The molecule has 2 rings (SSSR count). The van der Waals surface area contributed by atoms with Gasteiger partial charge in [-0.25, -0.2) is 4.79 Å². The van der Waals surface area contributed by atoms with Gasteiger partial charge in [-0.15, -0.1) is 0 Å². The maximum Gasteiger partial charge on any atom is 0.410 e. The third kappa shape index (κ3) is 3.17. The molecule has 102 valence electrons. The summed E-state index contributed by atoms with van der Waals surface area (Å²) in [6.45, 7) is 0.547. The van der Waals surface area contributed by atoms with Gasteiger partial charge in [0.15, 0.2) is 0 Å². The van der Waals surface area contributed by atoms with Crippen molar-refractivity contribution in [2.24, 2.45) is 0 Å². The van der Waals surface area contributed by atoms with Crippen molar-refractivity contribution in [2.45, 2.75) is 18.9 Å². The second-order valence-corrected chi connectivity index (χ2v) is 4.75. The average Bonchev–Trinajstić information content (AvgIpc) is 2.90. The van der Waals surface area contributed by atoms with E-state index >= 15 is 0 Å². The van der Waals surface area contributed by atoms with Crippen molar-refractivity contribution in [1.29, 1.82) is 0 Å². The topological polar surface area (TPSA) is 58.6 Å². The van der Waals surface area contributed by atoms with Gasteiger partial charge in [0.2, 0.25) is 5.91 Å². The second-order valence-electron chi connectivity index (χ2n) is 4.32. The number of rotatable bonds is 2. The molecule has 19 heavy (non-hydrogen) atoms. The van der Waals surface area contributed by atoms with Gasteiger partial charge in [0, 0.05) is 17.3 Å². The van der Waals surface area contributed by atoms with Crippen LogP contribution in [0.1, 0.15) is 12.8 Å². The summed E-state index contributed by atoms with van der Waals surface area (Å²) >= 11 is 5.78. The Kier molecular flexibility index (Phi) is 4.27. The van der Waals surface area contributed by atoms with Gasteiger partial charge in [-0.2, -0.15) is 0 Å². The lowest BCUT2D eigenvalue weighted by Gasteiger charge is -2.22. The van der Waals surface area contributed by atoms with E-state index in [-0.39, 0.29) is 5.91 Å². The lowest BCUT2D eigenvalue weighted by molar-refractivity contribution is -0.119. The monoisotopic (exact) mass is 282 g/mol. The maximum absolute atomic E-state index is 12.1. The molecule has 1 aromatic carbocycles. The third-order valence-electron chi connectivity index (χ3n) is 3.08. The number of methoxy groups -OCH3 is 1. The number of anilines is 1. The quantitative estimate of drug-likeness (QED) is 0.907. The first-order chi connectivity index (χ1) is 9.11. The van der Waals surface area contributed by atoms with Crippen LogP contribution >= 0.6 is 11.6 Å². The Hall–Kier alpha value is -1.75. The normalized spacial score (nSPS) is 18.2. The number of hydrogen-bond donors (Lipinski definition) is 1. The third-order valence-corrected chi connectivity index (χ3v) is 3.33. The number of ether oxygens (including phenoxy) is 1. The molecule has 2 amide bonds. The van der Waals surface area contributed by atoms with E-state index in [4.69, 9.17) is 11.6 Å². The Morgan fingerprint density at radius 3 is 2.68 bits per heavy atom. The molecule has 6 heteroatoms. The van der Waals surface area contributed by atoms with E-state index in [1.807, 2.05) is 0 Å². The molecule has 1 heterocycles. The Morgan fingerprint density at radius 2 is 2.05 bits per heavy atom. The van der Waals surface area contributed by atoms with Crippen molar-refractivity contribution in [2.75, 3.05) is 19.0 Å². The summed E-state index contributed by atoms with van der Waals surface area (Å²) in [7, 11) is 1.31. The van der Waals surface area contributed by atoms with Crippen LogP contribution in [0.3, 0.4) is 0 Å². The molecule has 0 saturated carbocycles. The molecule has 0 aromatic heterocycles. The summed E-state index contributed by atoms with van der Waals surface area (Å²) in [6.07, 6.45) is 0.983. The molecule has 1 aliphatic heterocycles. The molecule has 1 saturated heterocycles. The van der Waals surface area contributed by atoms with E-state index in [0.29, 0.717) is 23.7 Å². The molecule has 1 N–H and O–H groups in total. The molecule has 1 aliphatic rings. The zero-order valence-electron chi connectivity index (χ0n) is 10.6. The smallest absolute Gasteiger partial charge is 0.410 e. The maximum atomic E-state index is 12.1. The lowest BCUT2D eigenvalue weighted by atomic mass is 10.2. The Balaban J connectivity index is 2.03. The van der Waals surface area contributed by atoms with Crippen molar-refractivity contribution in [3.05, 3.63) is 29.3 Å². The van der Waals surface area contributed by atoms with Crippen molar-refractivity contribution in [3.8, 4) is 0 Å². The van der Waals surface area contributed by atoms with Crippen LogP contribution in [0.5, 0.6) is 0 Å². The summed E-state index contributed by atoms with van der Waals surface area (Å²) < 4.78 is 4.67. The minimum atomic E-state index is -0.469. The van der Waals surface area contributed by atoms with Gasteiger partial charge in [0.1, 0.15) is 6.04 Å². The predicted molar refractivity (Wildman–Crippen MR) is 72.2 cm³/mol. The molecule has 0 unspecified atom stereocenters. The highest BCUT2D eigenvalue weighted by molar-refractivity contribution is 6.30. The SMILES string of the molecule is COC(=O)N1CCC[C@H]1C(=O)Nc1ccc(Cl)cc1. The Morgan fingerprint density at radius 1 is 1.37 bits per heavy atom. The fourth-order valence-corrected chi connectivity index (χ4v) is 2.26. The van der Waals surface area contributed by atoms with Gasteiger partial charge in [0.25, 0.3) is 0 Å². The molecule has 1 fully saturated rings. The van der Waals surface area contributed by atoms with Gasteiger partial charge in [-0.3, -0.25) is 9.69 Å². The summed E-state index contributed by atoms with van der Waals surface area (Å²) in [5, 5.41) is 3.38. The van der Waals surface area contributed by atoms with Crippen LogP contribution in [0.25, 0.3) is 0 Å². The molecule has 1 aromatic rings. The predicted octanol–water partition coefficient (Wildman–Crippen LogP) is 2.51. The first-order valence-corrected chi connectivity index (χ1v) is 6.40. The lowest BCUT2D eigenvalue weighted by Crippen LogP contribution is -2.43. The first kappa shape index (κ1) is 13.7. The van der Waals surface area contributed by atoms with Crippen LogP contribution in [0, 0.1) is 0 Å². The molecular formula is C13H15ClN2O3. The van der Waals surface area contributed by atoms with E-state index < -0.39 is 12.1 Å². The number of amides is 2. The largest absolute Gasteiger partial charge is 0.453 e. The van der Waals surface area contributed by atoms with Gasteiger partial charge < -0.3 is 10.1 Å². The molecule has 1 atom stereocenters. The molecule has 0 spiro atoms. The average molecular weight is 283 g/mol. The van der Waals surface area contributed by atoms with Crippen LogP contribution in [0.15, 0.2) is 24.3 Å². The van der Waals surface area contributed by atoms with Crippen LogP contribution in [0.2, 0.25) is 5.02 Å². The zero-order chi connectivity index (χ0) is 13.8. The molecule has 0 radical (unpaired) electrons. The molecule has 0 aliphatic carbocycles. The minimum Gasteiger partial charge on any atom is -0.453 e. The highest BCUT2D eigenvalue weighted by Gasteiger charge is 2.34. The van der Waals surface area contributed by atoms with Crippen molar-refractivity contribution in [3.63, 3.8) is 0 Å². The molecule has 5 nitrogen and oxygen atoms in total. The zero-order valence-corrected chi connectivity index (χ0v) is 11.3. The molecule has 0 bridgehead atoms. The van der Waals surface area contributed by atoms with Crippen molar-refractivity contribution >= 4 is 29.3 Å². The number of hydrogen-bond acceptors (Lipinski definition) is 3. The highest BCUT2D eigenvalue weighted by Crippen LogP contribution is 2.20. The van der Waals surface area contributed by atoms with Crippen molar-refractivity contribution in [1.82, 2.24) is 4.90 Å². The summed E-state index contributed by atoms with van der Waals surface area (Å²) in [5.41, 5.74) is 0.658. The van der Waals surface area contributed by atoms with E-state index in [2.05, 4.69) is 10.1 Å². The number of halogens is 1. The number of nitrogens with zero attached hydrogens (tertiary/aromatic N) is 1. The van der Waals surface area contributed by atoms with E-state index in [1.54, 1.807) is 24.3 Å². The standard InChI is InChI=1S/C13H15ClN2O3/c1-19-13(18)16-8-2-3-11(16)12(17)15-10-6-4-9(14)5-7-10/h4-7,11H,2-3,8H2,1H3,(H,15,17)/t11-/m0/s1. The van der Waals surface area contributed by atoms with E-state index in [1.165, 1.54) is 12.0 Å². The van der Waals surface area contributed by atoms with Crippen LogP contribution in [-0.4, -0.2) is 36.6 Å². The Bertz CT molecular complexity index is 475. The van der Waals surface area contributed by atoms with Gasteiger partial charge >= 0.3 is 6.09 Å². The fourth-order valence-electron chi connectivity index (χ4n) is 2.13. The van der Waals surface area contributed by atoms with Gasteiger partial charge in [-0.1, -0.05) is 11.6 Å². The number of likely N-dealkylation sites (tertiary alicyclic amines) is 1. The summed E-state index contributed by atoms with van der Waals surface area (Å²) in [6, 6.07) is 6.37. The number of benzene rings is 1. The van der Waals surface area contributed by atoms with Gasteiger partial charge in [-0.05, 0) is 37.1 Å². The van der Waals surface area contributed by atoms with E-state index in [0.717, 1.165) is 6.42 Å². The summed E-state index contributed by atoms with van der Waals surface area (Å²) in [4.78, 5) is 25.1. The van der Waals surface area contributed by atoms with Crippen LogP contribution in [-0.2, 0) is 9.53 Å². The Labute approximate surface area is 116 Å².